The SMILES string of the molecule is Cc1cc2nc(NC(=O)c3ccc(C(C)(C)CO)cc3)cc(N3CCCC(C(=O)O)C3)n2n1. The van der Waals surface area contributed by atoms with Gasteiger partial charge < -0.3 is 20.4 Å². The van der Waals surface area contributed by atoms with Gasteiger partial charge in [-0.3, -0.25) is 9.59 Å². The monoisotopic (exact) mass is 451 g/mol. The van der Waals surface area contributed by atoms with Crippen molar-refractivity contribution >= 4 is 29.2 Å². The van der Waals surface area contributed by atoms with Crippen molar-refractivity contribution < 1.29 is 19.8 Å². The van der Waals surface area contributed by atoms with Crippen LogP contribution < -0.4 is 10.2 Å². The fourth-order valence-electron chi connectivity index (χ4n) is 4.10. The Morgan fingerprint density at radius 1 is 1.21 bits per heavy atom. The Kier molecular flexibility index (Phi) is 6.07. The second-order valence-corrected chi connectivity index (χ2v) is 9.25. The molecule has 174 valence electrons. The van der Waals surface area contributed by atoms with Gasteiger partial charge in [0.25, 0.3) is 5.91 Å². The fraction of sp³-hybridized carbons (Fsp3) is 0.417. The second-order valence-electron chi connectivity index (χ2n) is 9.25. The summed E-state index contributed by atoms with van der Waals surface area (Å²) >= 11 is 0. The number of nitrogens with one attached hydrogen (secondary N) is 1. The molecule has 0 bridgehead atoms. The summed E-state index contributed by atoms with van der Waals surface area (Å²) in [7, 11) is 0. The number of anilines is 2. The van der Waals surface area contributed by atoms with E-state index in [4.69, 9.17) is 0 Å². The Morgan fingerprint density at radius 2 is 1.94 bits per heavy atom. The van der Waals surface area contributed by atoms with Gasteiger partial charge in [0.05, 0.1) is 18.2 Å². The number of aliphatic hydroxyl groups is 1. The van der Waals surface area contributed by atoms with Crippen LogP contribution in [0.2, 0.25) is 0 Å². The third-order valence-corrected chi connectivity index (χ3v) is 6.19. The number of carbonyl (C=O) groups is 2. The van der Waals surface area contributed by atoms with Crippen LogP contribution >= 0.6 is 0 Å². The molecular weight excluding hydrogens is 422 g/mol. The van der Waals surface area contributed by atoms with E-state index < -0.39 is 17.3 Å². The molecule has 4 rings (SSSR count). The minimum Gasteiger partial charge on any atom is -0.481 e. The number of amides is 1. The standard InChI is InChI=1S/C24H29N5O4/c1-15-11-20-25-19(26-22(31)16-6-8-18(9-7-16)24(2,3)14-30)12-21(29(20)27-15)28-10-4-5-17(13-28)23(32)33/h6-9,11-12,17,30H,4-5,10,13-14H2,1-3H3,(H,32,33)(H,25,26,31). The molecule has 9 nitrogen and oxygen atoms in total. The Hall–Kier alpha value is -3.46. The largest absolute Gasteiger partial charge is 0.481 e. The fourth-order valence-corrected chi connectivity index (χ4v) is 4.10. The summed E-state index contributed by atoms with van der Waals surface area (Å²) in [5.41, 5.74) is 2.39. The minimum absolute atomic E-state index is 0.00918. The predicted molar refractivity (Wildman–Crippen MR) is 125 cm³/mol. The van der Waals surface area contributed by atoms with E-state index in [1.807, 2.05) is 43.9 Å². The lowest BCUT2D eigenvalue weighted by Crippen LogP contribution is -2.39. The number of hydrogen-bond acceptors (Lipinski definition) is 6. The van der Waals surface area contributed by atoms with Crippen LogP contribution in [-0.2, 0) is 10.2 Å². The first-order chi connectivity index (χ1) is 15.7. The number of rotatable bonds is 6. The molecule has 0 saturated carbocycles. The molecule has 1 amide bonds. The molecule has 9 heteroatoms. The molecule has 33 heavy (non-hydrogen) atoms. The van der Waals surface area contributed by atoms with Crippen molar-refractivity contribution in [2.24, 2.45) is 5.92 Å². The van der Waals surface area contributed by atoms with E-state index in [1.165, 1.54) is 0 Å². The number of hydrogen-bond donors (Lipinski definition) is 3. The zero-order valence-electron chi connectivity index (χ0n) is 19.1. The number of fused-ring (bicyclic) bond motifs is 1. The molecule has 3 aromatic rings. The molecule has 1 aromatic carbocycles. The van der Waals surface area contributed by atoms with Gasteiger partial charge in [-0.15, -0.1) is 0 Å². The maximum absolute atomic E-state index is 12.9. The van der Waals surface area contributed by atoms with Crippen molar-refractivity contribution in [2.75, 3.05) is 29.9 Å². The summed E-state index contributed by atoms with van der Waals surface area (Å²) in [6.07, 6.45) is 1.41. The quantitative estimate of drug-likeness (QED) is 0.527. The zero-order valence-corrected chi connectivity index (χ0v) is 19.1. The van der Waals surface area contributed by atoms with Gasteiger partial charge in [0, 0.05) is 36.2 Å². The van der Waals surface area contributed by atoms with Crippen LogP contribution in [0.5, 0.6) is 0 Å². The van der Waals surface area contributed by atoms with E-state index in [0.29, 0.717) is 42.4 Å². The van der Waals surface area contributed by atoms with Gasteiger partial charge in [-0.1, -0.05) is 26.0 Å². The van der Waals surface area contributed by atoms with Crippen molar-refractivity contribution in [3.8, 4) is 0 Å². The van der Waals surface area contributed by atoms with Crippen LogP contribution in [0.3, 0.4) is 0 Å². The molecule has 1 aliphatic rings. The summed E-state index contributed by atoms with van der Waals surface area (Å²) < 4.78 is 1.70. The highest BCUT2D eigenvalue weighted by atomic mass is 16.4. The number of carboxylic acid groups (broad SMARTS) is 1. The van der Waals surface area contributed by atoms with E-state index in [1.54, 1.807) is 22.7 Å². The number of aliphatic hydroxyl groups excluding tert-OH is 1. The molecule has 0 aliphatic carbocycles. The number of aryl methyl sites for hydroxylation is 1. The van der Waals surface area contributed by atoms with E-state index in [0.717, 1.165) is 17.7 Å². The lowest BCUT2D eigenvalue weighted by molar-refractivity contribution is -0.141. The normalized spacial score (nSPS) is 16.7. The minimum atomic E-state index is -0.803. The number of piperidine rings is 1. The third-order valence-electron chi connectivity index (χ3n) is 6.19. The average Bonchev–Trinajstić information content (AvgIpc) is 3.18. The summed E-state index contributed by atoms with van der Waals surface area (Å²) in [6, 6.07) is 10.7. The highest BCUT2D eigenvalue weighted by molar-refractivity contribution is 6.04. The molecular formula is C24H29N5O4. The smallest absolute Gasteiger partial charge is 0.308 e. The second kappa shape index (κ2) is 8.82. The van der Waals surface area contributed by atoms with Gasteiger partial charge in [0.15, 0.2) is 5.65 Å². The van der Waals surface area contributed by atoms with E-state index in [9.17, 15) is 19.8 Å². The van der Waals surface area contributed by atoms with Crippen molar-refractivity contribution in [3.63, 3.8) is 0 Å². The molecule has 2 aromatic heterocycles. The molecule has 0 spiro atoms. The van der Waals surface area contributed by atoms with Gasteiger partial charge >= 0.3 is 5.97 Å². The molecule has 1 fully saturated rings. The zero-order chi connectivity index (χ0) is 23.8. The average molecular weight is 452 g/mol. The van der Waals surface area contributed by atoms with Crippen molar-refractivity contribution in [1.29, 1.82) is 0 Å². The predicted octanol–water partition coefficient (Wildman–Crippen LogP) is 2.86. The van der Waals surface area contributed by atoms with Crippen LogP contribution in [0.4, 0.5) is 11.6 Å². The lowest BCUT2D eigenvalue weighted by atomic mass is 9.85. The van der Waals surface area contributed by atoms with Gasteiger partial charge in [0.2, 0.25) is 0 Å². The van der Waals surface area contributed by atoms with Crippen LogP contribution in [-0.4, -0.2) is 56.4 Å². The number of carbonyl (C=O) groups excluding carboxylic acids is 1. The molecule has 3 N–H and O–H groups in total. The Bertz CT molecular complexity index is 1190. The Balaban J connectivity index is 1.62. The first-order valence-electron chi connectivity index (χ1n) is 11.1. The summed E-state index contributed by atoms with van der Waals surface area (Å²) in [5, 5.41) is 26.4. The highest BCUT2D eigenvalue weighted by Crippen LogP contribution is 2.27. The molecule has 0 radical (unpaired) electrons. The van der Waals surface area contributed by atoms with E-state index in [2.05, 4.69) is 15.4 Å². The number of nitrogens with zero attached hydrogens (tertiary/aromatic N) is 4. The molecule has 1 unspecified atom stereocenters. The van der Waals surface area contributed by atoms with E-state index >= 15 is 0 Å². The number of benzene rings is 1. The number of aliphatic carboxylic acids is 1. The van der Waals surface area contributed by atoms with Crippen molar-refractivity contribution in [3.05, 3.63) is 53.2 Å². The van der Waals surface area contributed by atoms with Crippen molar-refractivity contribution in [1.82, 2.24) is 14.6 Å². The molecule has 1 saturated heterocycles. The van der Waals surface area contributed by atoms with Crippen LogP contribution in [0.25, 0.3) is 5.65 Å². The van der Waals surface area contributed by atoms with Gasteiger partial charge in [0.1, 0.15) is 11.6 Å². The topological polar surface area (TPSA) is 120 Å². The number of aromatic nitrogens is 3. The lowest BCUT2D eigenvalue weighted by Gasteiger charge is -2.32. The molecule has 3 heterocycles. The van der Waals surface area contributed by atoms with Crippen LogP contribution in [0, 0.1) is 12.8 Å². The van der Waals surface area contributed by atoms with Gasteiger partial charge in [-0.05, 0) is 37.5 Å². The van der Waals surface area contributed by atoms with Gasteiger partial charge in [-0.2, -0.15) is 9.61 Å². The summed E-state index contributed by atoms with van der Waals surface area (Å²) in [5.74, 6) is -0.472. The first-order valence-corrected chi connectivity index (χ1v) is 11.1. The Morgan fingerprint density at radius 3 is 2.61 bits per heavy atom. The third kappa shape index (κ3) is 4.68. The first kappa shape index (κ1) is 22.7. The number of carboxylic acids is 1. The summed E-state index contributed by atoms with van der Waals surface area (Å²) in [6.45, 7) is 6.83. The Labute approximate surface area is 192 Å². The van der Waals surface area contributed by atoms with Crippen LogP contribution in [0.15, 0.2) is 36.4 Å². The maximum atomic E-state index is 12.9. The van der Waals surface area contributed by atoms with Gasteiger partial charge in [-0.25, -0.2) is 4.98 Å². The maximum Gasteiger partial charge on any atom is 0.308 e. The highest BCUT2D eigenvalue weighted by Gasteiger charge is 2.27. The molecule has 1 atom stereocenters. The van der Waals surface area contributed by atoms with E-state index in [-0.39, 0.29) is 12.5 Å². The summed E-state index contributed by atoms with van der Waals surface area (Å²) in [4.78, 5) is 31.0. The van der Waals surface area contributed by atoms with Crippen molar-refractivity contribution in [2.45, 2.75) is 39.0 Å². The van der Waals surface area contributed by atoms with Crippen LogP contribution in [0.1, 0.15) is 48.3 Å². The molecule has 1 aliphatic heterocycles.